The Morgan fingerprint density at radius 3 is 2.54 bits per heavy atom. The van der Waals surface area contributed by atoms with Gasteiger partial charge in [-0.3, -0.25) is 19.2 Å². The number of benzene rings is 1. The van der Waals surface area contributed by atoms with Gasteiger partial charge in [0.15, 0.2) is 0 Å². The molecule has 0 spiro atoms. The highest BCUT2D eigenvalue weighted by Gasteiger charge is 2.38. The van der Waals surface area contributed by atoms with Crippen LogP contribution in [0, 0.1) is 0 Å². The van der Waals surface area contributed by atoms with Crippen LogP contribution in [0.2, 0.25) is 0 Å². The van der Waals surface area contributed by atoms with Crippen LogP contribution in [-0.4, -0.2) is 85.3 Å². The monoisotopic (exact) mass is 566 g/mol. The Balaban J connectivity index is 1.48. The molecular formula is C27H34N8O6. The fourth-order valence-corrected chi connectivity index (χ4v) is 5.04. The zero-order valence-electron chi connectivity index (χ0n) is 22.3. The number of aromatic amines is 2. The predicted molar refractivity (Wildman–Crippen MR) is 147 cm³/mol. The Bertz CT molecular complexity index is 1400. The molecule has 9 N–H and O–H groups in total. The van der Waals surface area contributed by atoms with E-state index >= 15 is 0 Å². The van der Waals surface area contributed by atoms with E-state index in [1.807, 2.05) is 24.3 Å². The summed E-state index contributed by atoms with van der Waals surface area (Å²) in [7, 11) is 0. The van der Waals surface area contributed by atoms with Gasteiger partial charge < -0.3 is 42.1 Å². The van der Waals surface area contributed by atoms with Crippen molar-refractivity contribution in [2.75, 3.05) is 6.54 Å². The zero-order chi connectivity index (χ0) is 29.5. The minimum absolute atomic E-state index is 0.00394. The van der Waals surface area contributed by atoms with Gasteiger partial charge in [-0.15, -0.1) is 0 Å². The van der Waals surface area contributed by atoms with E-state index in [2.05, 4.69) is 25.6 Å². The third kappa shape index (κ3) is 7.28. The largest absolute Gasteiger partial charge is 0.480 e. The molecule has 4 atom stereocenters. The molecule has 0 radical (unpaired) electrons. The number of rotatable bonds is 13. The smallest absolute Gasteiger partial charge is 0.326 e. The Hall–Kier alpha value is -4.72. The van der Waals surface area contributed by atoms with Gasteiger partial charge in [-0.05, 0) is 37.3 Å². The summed E-state index contributed by atoms with van der Waals surface area (Å²) in [6.45, 7) is 0.232. The number of para-hydroxylation sites is 1. The molecule has 0 aliphatic carbocycles. The highest BCUT2D eigenvalue weighted by atomic mass is 16.4. The first-order valence-corrected chi connectivity index (χ1v) is 13.3. The van der Waals surface area contributed by atoms with Crippen LogP contribution in [0.5, 0.6) is 0 Å². The maximum atomic E-state index is 13.5. The van der Waals surface area contributed by atoms with Crippen LogP contribution in [0.25, 0.3) is 10.9 Å². The van der Waals surface area contributed by atoms with E-state index in [1.54, 1.807) is 6.20 Å². The first-order chi connectivity index (χ1) is 19.6. The highest BCUT2D eigenvalue weighted by molar-refractivity contribution is 5.95. The Labute approximate surface area is 235 Å². The number of hydrogen-bond donors (Lipinski definition) is 7. The van der Waals surface area contributed by atoms with Crippen LogP contribution in [0.3, 0.4) is 0 Å². The van der Waals surface area contributed by atoms with Gasteiger partial charge in [-0.1, -0.05) is 18.2 Å². The number of amides is 4. The molecule has 14 heteroatoms. The molecule has 1 aromatic carbocycles. The lowest BCUT2D eigenvalue weighted by atomic mass is 10.0. The van der Waals surface area contributed by atoms with Crippen molar-refractivity contribution in [3.63, 3.8) is 0 Å². The average Bonchev–Trinajstić information content (AvgIpc) is 3.71. The number of hydrogen-bond acceptors (Lipinski definition) is 7. The van der Waals surface area contributed by atoms with Gasteiger partial charge in [0.1, 0.15) is 18.1 Å². The van der Waals surface area contributed by atoms with Gasteiger partial charge in [0.05, 0.1) is 12.4 Å². The molecule has 1 saturated heterocycles. The van der Waals surface area contributed by atoms with Gasteiger partial charge in [-0.25, -0.2) is 9.78 Å². The van der Waals surface area contributed by atoms with Gasteiger partial charge >= 0.3 is 5.97 Å². The summed E-state index contributed by atoms with van der Waals surface area (Å²) >= 11 is 0. The van der Waals surface area contributed by atoms with Crippen LogP contribution in [-0.2, 0) is 36.8 Å². The lowest BCUT2D eigenvalue weighted by molar-refractivity contribution is -0.149. The van der Waals surface area contributed by atoms with Gasteiger partial charge in [0, 0.05) is 48.4 Å². The quantitative estimate of drug-likeness (QED) is 0.140. The van der Waals surface area contributed by atoms with Crippen LogP contribution in [0.4, 0.5) is 0 Å². The Kier molecular flexibility index (Phi) is 9.34. The first-order valence-electron chi connectivity index (χ1n) is 13.3. The zero-order valence-corrected chi connectivity index (χ0v) is 22.3. The predicted octanol–water partition coefficient (Wildman–Crippen LogP) is -0.686. The van der Waals surface area contributed by atoms with Crippen molar-refractivity contribution in [1.82, 2.24) is 30.5 Å². The van der Waals surface area contributed by atoms with E-state index < -0.39 is 53.8 Å². The lowest BCUT2D eigenvalue weighted by Gasteiger charge is -2.28. The molecule has 1 aliphatic heterocycles. The van der Waals surface area contributed by atoms with E-state index in [1.165, 1.54) is 17.4 Å². The Morgan fingerprint density at radius 2 is 1.83 bits per heavy atom. The van der Waals surface area contributed by atoms with Crippen molar-refractivity contribution in [1.29, 1.82) is 0 Å². The Morgan fingerprint density at radius 1 is 1.07 bits per heavy atom. The number of primary amides is 1. The molecule has 1 aliphatic rings. The molecule has 2 aromatic heterocycles. The second-order valence-electron chi connectivity index (χ2n) is 10.1. The molecule has 14 nitrogen and oxygen atoms in total. The standard InChI is InChI=1S/C27H34N8O6/c28-18(10-15-12-31-19-5-2-1-4-17(15)19)24(37)33-20(7-8-23(29)36)25(38)34-21(11-16-13-30-14-32-16)26(39)35-9-3-6-22(35)27(40)41/h1-2,4-5,12-14,18,20-22,31H,3,6-11,28H2,(H2,29,36)(H,30,32)(H,33,37)(H,34,38)(H,40,41). The van der Waals surface area contributed by atoms with Gasteiger partial charge in [-0.2, -0.15) is 0 Å². The van der Waals surface area contributed by atoms with Crippen molar-refractivity contribution in [3.8, 4) is 0 Å². The molecule has 41 heavy (non-hydrogen) atoms. The number of imidazole rings is 1. The third-order valence-corrected chi connectivity index (χ3v) is 7.18. The maximum Gasteiger partial charge on any atom is 0.326 e. The van der Waals surface area contributed by atoms with Crippen molar-refractivity contribution >= 4 is 40.5 Å². The number of carboxylic acids is 1. The average molecular weight is 567 g/mol. The number of carbonyl (C=O) groups is 5. The summed E-state index contributed by atoms with van der Waals surface area (Å²) in [4.78, 5) is 74.4. The molecule has 4 rings (SSSR count). The number of fused-ring (bicyclic) bond motifs is 1. The van der Waals surface area contributed by atoms with Gasteiger partial charge in [0.2, 0.25) is 23.6 Å². The number of carbonyl (C=O) groups excluding carboxylic acids is 4. The molecule has 3 aromatic rings. The number of nitrogens with two attached hydrogens (primary N) is 2. The van der Waals surface area contributed by atoms with E-state index in [0.717, 1.165) is 16.5 Å². The SMILES string of the molecule is NC(=O)CCC(NC(=O)C(N)Cc1c[nH]c2ccccc12)C(=O)NC(Cc1cnc[nH]1)C(=O)N1CCCC1C(=O)O. The number of aromatic nitrogens is 3. The first kappa shape index (κ1) is 29.3. The number of likely N-dealkylation sites (tertiary alicyclic amines) is 1. The topological polar surface area (TPSA) is 229 Å². The fourth-order valence-electron chi connectivity index (χ4n) is 5.04. The number of H-pyrrole nitrogens is 2. The van der Waals surface area contributed by atoms with E-state index in [-0.39, 0.29) is 32.2 Å². The summed E-state index contributed by atoms with van der Waals surface area (Å²) in [6, 6.07) is 3.16. The molecule has 1 fully saturated rings. The number of aliphatic carboxylic acids is 1. The summed E-state index contributed by atoms with van der Waals surface area (Å²) in [5.74, 6) is -3.73. The number of nitrogens with zero attached hydrogens (tertiary/aromatic N) is 2. The van der Waals surface area contributed by atoms with Crippen LogP contribution in [0.1, 0.15) is 36.9 Å². The van der Waals surface area contributed by atoms with E-state index in [9.17, 15) is 29.1 Å². The van der Waals surface area contributed by atoms with Crippen molar-refractivity contribution < 1.29 is 29.1 Å². The second-order valence-corrected chi connectivity index (χ2v) is 10.1. The van der Waals surface area contributed by atoms with E-state index in [0.29, 0.717) is 18.5 Å². The minimum Gasteiger partial charge on any atom is -0.480 e. The highest BCUT2D eigenvalue weighted by Crippen LogP contribution is 2.20. The van der Waals surface area contributed by atoms with Crippen molar-refractivity contribution in [2.45, 2.75) is 62.7 Å². The van der Waals surface area contributed by atoms with E-state index in [4.69, 9.17) is 11.5 Å². The summed E-state index contributed by atoms with van der Waals surface area (Å²) in [6.07, 6.45) is 5.35. The summed E-state index contributed by atoms with van der Waals surface area (Å²) in [5, 5.41) is 15.7. The molecule has 0 saturated carbocycles. The fraction of sp³-hybridized carbons (Fsp3) is 0.407. The molecule has 3 heterocycles. The summed E-state index contributed by atoms with van der Waals surface area (Å²) < 4.78 is 0. The van der Waals surface area contributed by atoms with Crippen molar-refractivity contribution in [3.05, 3.63) is 54.2 Å². The lowest BCUT2D eigenvalue weighted by Crippen LogP contribution is -2.58. The molecule has 0 bridgehead atoms. The number of carboxylic acid groups (broad SMARTS) is 1. The second kappa shape index (κ2) is 13.1. The van der Waals surface area contributed by atoms with Crippen LogP contribution < -0.4 is 22.1 Å². The molecule has 4 amide bonds. The minimum atomic E-state index is -1.23. The van der Waals surface area contributed by atoms with Crippen LogP contribution in [0.15, 0.2) is 43.0 Å². The molecular weight excluding hydrogens is 532 g/mol. The summed E-state index contributed by atoms with van der Waals surface area (Å²) in [5.41, 5.74) is 13.7. The number of nitrogens with one attached hydrogen (secondary N) is 4. The normalized spacial score (nSPS) is 17.1. The molecule has 218 valence electrons. The maximum absolute atomic E-state index is 13.5. The van der Waals surface area contributed by atoms with Crippen LogP contribution >= 0.6 is 0 Å². The van der Waals surface area contributed by atoms with Gasteiger partial charge in [0.25, 0.3) is 0 Å². The van der Waals surface area contributed by atoms with Crippen molar-refractivity contribution in [2.24, 2.45) is 11.5 Å². The molecule has 4 unspecified atom stereocenters. The third-order valence-electron chi connectivity index (χ3n) is 7.18.